The van der Waals surface area contributed by atoms with E-state index in [1.165, 1.54) is 10.8 Å². The lowest BCUT2D eigenvalue weighted by atomic mass is 10.2. The Morgan fingerprint density at radius 1 is 1.15 bits per heavy atom. The van der Waals surface area contributed by atoms with Gasteiger partial charge in [-0.2, -0.15) is 0 Å². The van der Waals surface area contributed by atoms with Crippen LogP contribution in [0.2, 0.25) is 0 Å². The van der Waals surface area contributed by atoms with E-state index in [2.05, 4.69) is 10.3 Å². The second kappa shape index (κ2) is 13.7. The van der Waals surface area contributed by atoms with Gasteiger partial charge in [0.05, 0.1) is 24.8 Å². The Morgan fingerprint density at radius 3 is 2.41 bits per heavy atom. The molecule has 0 radical (unpaired) electrons. The number of nitrogens with zero attached hydrogens (tertiary/aromatic N) is 2. The van der Waals surface area contributed by atoms with Gasteiger partial charge in [0.1, 0.15) is 11.6 Å². The fraction of sp³-hybridized carbons (Fsp3) is 0.455. The number of carbonyl (C=O) groups is 3. The second-order valence-electron chi connectivity index (χ2n) is 9.03. The van der Waals surface area contributed by atoms with Crippen molar-refractivity contribution in [1.29, 1.82) is 0 Å². The number of fused-ring (bicyclic) bond motifs is 1. The first-order valence-corrected chi connectivity index (χ1v) is 13.9. The van der Waals surface area contributed by atoms with E-state index in [0.29, 0.717) is 15.8 Å². The van der Waals surface area contributed by atoms with Crippen molar-refractivity contribution in [1.82, 2.24) is 9.88 Å². The normalized spacial score (nSPS) is 14.7. The number of nitrogens with one attached hydrogen (secondary N) is 1. The Kier molecular flexibility index (Phi) is 11.2. The van der Waals surface area contributed by atoms with Crippen LogP contribution >= 0.6 is 19.6 Å². The number of hydrogen-bond acceptors (Lipinski definition) is 9. The largest absolute Gasteiger partial charge is 0.480 e. The fourth-order valence-electron chi connectivity index (χ4n) is 3.13. The molecule has 39 heavy (non-hydrogen) atoms. The molecule has 0 saturated carbocycles. The number of phosphoric ester groups is 1. The van der Waals surface area contributed by atoms with Gasteiger partial charge in [-0.3, -0.25) is 14.0 Å². The number of phosphoric acid groups is 1. The predicted molar refractivity (Wildman–Crippen MR) is 143 cm³/mol. The number of thioether (sulfide) groups is 1. The highest BCUT2D eigenvalue weighted by molar-refractivity contribution is 7.99. The lowest BCUT2D eigenvalue weighted by molar-refractivity contribution is -0.142. The van der Waals surface area contributed by atoms with Gasteiger partial charge in [-0.1, -0.05) is 24.3 Å². The lowest BCUT2D eigenvalue weighted by Gasteiger charge is -2.22. The summed E-state index contributed by atoms with van der Waals surface area (Å²) < 4.78 is 28.3. The Labute approximate surface area is 228 Å². The molecular formula is C22H32N5O10PS. The topological polar surface area (TPSA) is 238 Å². The third-order valence-electron chi connectivity index (χ3n) is 4.74. The third-order valence-corrected chi connectivity index (χ3v) is 6.92. The maximum absolute atomic E-state index is 12.2. The van der Waals surface area contributed by atoms with Gasteiger partial charge in [0.15, 0.2) is 12.0 Å². The Morgan fingerprint density at radius 2 is 1.82 bits per heavy atom. The highest BCUT2D eigenvalue weighted by atomic mass is 32.2. The summed E-state index contributed by atoms with van der Waals surface area (Å²) in [7, 11) is -4.67. The molecular weight excluding hydrogens is 557 g/mol. The van der Waals surface area contributed by atoms with Crippen LogP contribution in [-0.4, -0.2) is 80.8 Å². The molecule has 0 saturated heterocycles. The van der Waals surface area contributed by atoms with Crippen LogP contribution in [-0.2, 0) is 27.9 Å². The molecule has 0 aliphatic rings. The minimum atomic E-state index is -4.67. The molecule has 2 rings (SSSR count). The standard InChI is InChI=1S/C22H32N5O10PS/c1-22(2,3)37-21(32)26-15(18(28)29)12-39-17-14-7-5-4-6-13(14)10-27(17)16(19(30)31)11-36-38(33,34)35-9-8-25-20(23)24/h4-7,10,15-16H,8-9,11-12H2,1-3H3,(H,26,32)(H,28,29)(H,30,31)(H,33,34)(H4,23,24,25)/t15-,16?/m0/s1. The number of aromatic nitrogens is 1. The van der Waals surface area contributed by atoms with Gasteiger partial charge in [-0.25, -0.2) is 18.9 Å². The average Bonchev–Trinajstić information content (AvgIpc) is 3.16. The highest BCUT2D eigenvalue weighted by Crippen LogP contribution is 2.44. The van der Waals surface area contributed by atoms with Crippen molar-refractivity contribution in [3.8, 4) is 0 Å². The molecule has 17 heteroatoms. The van der Waals surface area contributed by atoms with E-state index in [0.717, 1.165) is 11.8 Å². The smallest absolute Gasteiger partial charge is 0.472 e. The zero-order valence-electron chi connectivity index (χ0n) is 21.5. The molecule has 0 fully saturated rings. The first kappa shape index (κ1) is 31.9. The summed E-state index contributed by atoms with van der Waals surface area (Å²) in [4.78, 5) is 49.7. The van der Waals surface area contributed by atoms with Crippen molar-refractivity contribution in [3.63, 3.8) is 0 Å². The minimum Gasteiger partial charge on any atom is -0.480 e. The van der Waals surface area contributed by atoms with Crippen molar-refractivity contribution in [3.05, 3.63) is 30.5 Å². The summed E-state index contributed by atoms with van der Waals surface area (Å²) in [6, 6.07) is 3.99. The van der Waals surface area contributed by atoms with E-state index in [4.69, 9.17) is 25.3 Å². The van der Waals surface area contributed by atoms with E-state index in [1.54, 1.807) is 45.0 Å². The molecule has 216 valence electrons. The van der Waals surface area contributed by atoms with E-state index in [9.17, 15) is 34.1 Å². The van der Waals surface area contributed by atoms with Crippen LogP contribution in [0.4, 0.5) is 4.79 Å². The van der Waals surface area contributed by atoms with Gasteiger partial charge in [0.2, 0.25) is 0 Å². The third kappa shape index (κ3) is 10.4. The number of ether oxygens (including phenoxy) is 1. The number of aliphatic carboxylic acids is 2. The van der Waals surface area contributed by atoms with Crippen LogP contribution in [0.3, 0.4) is 0 Å². The summed E-state index contributed by atoms with van der Waals surface area (Å²) in [5.74, 6) is -3.15. The number of carbonyl (C=O) groups excluding carboxylic acids is 1. The first-order chi connectivity index (χ1) is 18.1. The van der Waals surface area contributed by atoms with Crippen molar-refractivity contribution in [2.24, 2.45) is 16.5 Å². The number of guanidine groups is 1. The summed E-state index contributed by atoms with van der Waals surface area (Å²) >= 11 is 0.970. The monoisotopic (exact) mass is 589 g/mol. The minimum absolute atomic E-state index is 0.121. The van der Waals surface area contributed by atoms with Crippen LogP contribution in [0.5, 0.6) is 0 Å². The number of aliphatic imine (C=N–C) groups is 1. The first-order valence-electron chi connectivity index (χ1n) is 11.4. The molecule has 15 nitrogen and oxygen atoms in total. The number of nitrogens with two attached hydrogens (primary N) is 2. The van der Waals surface area contributed by atoms with Gasteiger partial charge in [-0.05, 0) is 20.8 Å². The van der Waals surface area contributed by atoms with Gasteiger partial charge in [-0.15, -0.1) is 11.8 Å². The predicted octanol–water partition coefficient (Wildman–Crippen LogP) is 1.74. The number of rotatable bonds is 14. The maximum atomic E-state index is 12.2. The highest BCUT2D eigenvalue weighted by Gasteiger charge is 2.31. The Hall–Kier alpha value is -3.30. The molecule has 1 aromatic carbocycles. The van der Waals surface area contributed by atoms with Crippen molar-refractivity contribution in [2.45, 2.75) is 43.5 Å². The van der Waals surface area contributed by atoms with Gasteiger partial charge >= 0.3 is 25.9 Å². The molecule has 0 bridgehead atoms. The van der Waals surface area contributed by atoms with Crippen LogP contribution in [0, 0.1) is 0 Å². The van der Waals surface area contributed by atoms with Crippen LogP contribution in [0.15, 0.2) is 40.5 Å². The molecule has 0 spiro atoms. The molecule has 1 amide bonds. The molecule has 3 atom stereocenters. The summed E-state index contributed by atoms with van der Waals surface area (Å²) in [6.45, 7) is 3.64. The molecule has 1 heterocycles. The SMILES string of the molecule is CC(C)(C)OC(=O)N[C@@H](CSc1c2ccccc2cn1C(COP(=O)(O)OCCN=C(N)N)C(=O)O)C(=O)O. The number of amides is 1. The summed E-state index contributed by atoms with van der Waals surface area (Å²) in [5.41, 5.74) is 9.50. The zero-order valence-corrected chi connectivity index (χ0v) is 23.2. The van der Waals surface area contributed by atoms with Gasteiger partial charge in [0.25, 0.3) is 0 Å². The molecule has 2 aromatic rings. The number of hydrogen-bond donors (Lipinski definition) is 6. The fourth-order valence-corrected chi connectivity index (χ4v) is 5.06. The lowest BCUT2D eigenvalue weighted by Crippen LogP contribution is -2.45. The second-order valence-corrected chi connectivity index (χ2v) is 11.5. The van der Waals surface area contributed by atoms with E-state index in [-0.39, 0.29) is 24.9 Å². The van der Waals surface area contributed by atoms with Gasteiger partial charge in [0, 0.05) is 22.7 Å². The van der Waals surface area contributed by atoms with Crippen molar-refractivity contribution in [2.75, 3.05) is 25.5 Å². The molecule has 1 aromatic heterocycles. The molecule has 0 aliphatic heterocycles. The number of alkyl carbamates (subject to hydrolysis) is 1. The van der Waals surface area contributed by atoms with Crippen LogP contribution in [0.25, 0.3) is 10.8 Å². The van der Waals surface area contributed by atoms with Crippen molar-refractivity contribution >= 4 is 54.3 Å². The van der Waals surface area contributed by atoms with Crippen LogP contribution < -0.4 is 16.8 Å². The van der Waals surface area contributed by atoms with E-state index < -0.39 is 50.1 Å². The number of carboxylic acids is 2. The number of benzene rings is 1. The van der Waals surface area contributed by atoms with E-state index >= 15 is 0 Å². The molecule has 8 N–H and O–H groups in total. The average molecular weight is 590 g/mol. The molecule has 0 aliphatic carbocycles. The summed E-state index contributed by atoms with van der Waals surface area (Å²) in [6.07, 6.45) is 0.574. The maximum Gasteiger partial charge on any atom is 0.472 e. The Balaban J connectivity index is 2.26. The van der Waals surface area contributed by atoms with E-state index in [1.807, 2.05) is 0 Å². The van der Waals surface area contributed by atoms with Crippen molar-refractivity contribution < 1.29 is 47.8 Å². The number of carboxylic acid groups (broad SMARTS) is 2. The Bertz CT molecular complexity index is 1260. The quantitative estimate of drug-likeness (QED) is 0.0606. The van der Waals surface area contributed by atoms with Crippen LogP contribution in [0.1, 0.15) is 26.8 Å². The van der Waals surface area contributed by atoms with Gasteiger partial charge < -0.3 is 41.2 Å². The zero-order chi connectivity index (χ0) is 29.4. The summed E-state index contributed by atoms with van der Waals surface area (Å²) in [5, 5.41) is 23.4. The molecule has 2 unspecified atom stereocenters.